The van der Waals surface area contributed by atoms with E-state index in [4.69, 9.17) is 4.74 Å². The monoisotopic (exact) mass is 329 g/mol. The maximum Gasteiger partial charge on any atom is 0.331 e. The summed E-state index contributed by atoms with van der Waals surface area (Å²) in [5.74, 6) is -1.80. The zero-order valence-electron chi connectivity index (χ0n) is 10.4. The van der Waals surface area contributed by atoms with Gasteiger partial charge >= 0.3 is 5.97 Å². The summed E-state index contributed by atoms with van der Waals surface area (Å²) in [6.45, 7) is 3.07. The van der Waals surface area contributed by atoms with Gasteiger partial charge in [0.2, 0.25) is 0 Å². The molecule has 0 fully saturated rings. The van der Waals surface area contributed by atoms with Crippen LogP contribution in [0.4, 0.5) is 10.1 Å². The van der Waals surface area contributed by atoms with Crippen molar-refractivity contribution in [2.75, 3.05) is 5.32 Å². The zero-order valence-corrected chi connectivity index (χ0v) is 12.0. The molecule has 1 N–H and O–H groups in total. The van der Waals surface area contributed by atoms with Gasteiger partial charge in [-0.1, -0.05) is 22.0 Å². The second kappa shape index (κ2) is 7.04. The Labute approximate surface area is 118 Å². The molecule has 0 heterocycles. The molecule has 1 amide bonds. The van der Waals surface area contributed by atoms with Crippen LogP contribution in [0.15, 0.2) is 34.8 Å². The van der Waals surface area contributed by atoms with E-state index in [1.165, 1.54) is 31.2 Å². The average molecular weight is 330 g/mol. The van der Waals surface area contributed by atoms with E-state index < -0.39 is 23.8 Å². The van der Waals surface area contributed by atoms with Crippen LogP contribution in [0.2, 0.25) is 0 Å². The number of benzene rings is 1. The number of hydrogen-bond donors (Lipinski definition) is 1. The first-order valence-corrected chi connectivity index (χ1v) is 6.32. The molecule has 4 nitrogen and oxygen atoms in total. The Morgan fingerprint density at radius 1 is 1.47 bits per heavy atom. The predicted molar refractivity (Wildman–Crippen MR) is 73.1 cm³/mol. The van der Waals surface area contributed by atoms with Crippen molar-refractivity contribution in [2.45, 2.75) is 20.0 Å². The number of halogens is 2. The Bertz CT molecular complexity index is 517. The Hall–Kier alpha value is -1.69. The molecular weight excluding hydrogens is 317 g/mol. The lowest BCUT2D eigenvalue weighted by Crippen LogP contribution is -2.29. The fraction of sp³-hybridized carbons (Fsp3) is 0.231. The van der Waals surface area contributed by atoms with Crippen molar-refractivity contribution in [1.29, 1.82) is 0 Å². The molecule has 0 aromatic heterocycles. The van der Waals surface area contributed by atoms with E-state index in [0.29, 0.717) is 4.47 Å². The van der Waals surface area contributed by atoms with Gasteiger partial charge in [0.25, 0.3) is 5.91 Å². The van der Waals surface area contributed by atoms with Crippen LogP contribution in [0.1, 0.15) is 13.8 Å². The molecule has 0 aliphatic rings. The van der Waals surface area contributed by atoms with Crippen molar-refractivity contribution in [3.8, 4) is 0 Å². The van der Waals surface area contributed by atoms with Gasteiger partial charge in [0.1, 0.15) is 5.82 Å². The van der Waals surface area contributed by atoms with Gasteiger partial charge in [0.15, 0.2) is 6.10 Å². The number of anilines is 1. The summed E-state index contributed by atoms with van der Waals surface area (Å²) >= 11 is 3.11. The number of carbonyl (C=O) groups excluding carboxylic acids is 2. The van der Waals surface area contributed by atoms with E-state index in [2.05, 4.69) is 21.2 Å². The lowest BCUT2D eigenvalue weighted by Gasteiger charge is -2.12. The first kappa shape index (κ1) is 15.4. The third-order valence-corrected chi connectivity index (χ3v) is 2.65. The quantitative estimate of drug-likeness (QED) is 0.682. The number of nitrogens with one attached hydrogen (secondary N) is 1. The third kappa shape index (κ3) is 4.82. The van der Waals surface area contributed by atoms with Crippen LogP contribution >= 0.6 is 15.9 Å². The normalized spacial score (nSPS) is 12.2. The van der Waals surface area contributed by atoms with Gasteiger partial charge in [0, 0.05) is 10.5 Å². The van der Waals surface area contributed by atoms with E-state index in [1.807, 2.05) is 0 Å². The molecule has 6 heteroatoms. The maximum absolute atomic E-state index is 13.5. The summed E-state index contributed by atoms with van der Waals surface area (Å²) in [7, 11) is 0. The third-order valence-electron chi connectivity index (χ3n) is 2.15. The van der Waals surface area contributed by atoms with Crippen molar-refractivity contribution in [1.82, 2.24) is 0 Å². The van der Waals surface area contributed by atoms with E-state index in [1.54, 1.807) is 13.0 Å². The second-order valence-corrected chi connectivity index (χ2v) is 4.61. The predicted octanol–water partition coefficient (Wildman–Crippen LogP) is 3.03. The Morgan fingerprint density at radius 2 is 2.16 bits per heavy atom. The number of rotatable bonds is 4. The Balaban J connectivity index is 2.66. The molecule has 0 aliphatic heterocycles. The molecule has 1 atom stereocenters. The van der Waals surface area contributed by atoms with Gasteiger partial charge in [-0.15, -0.1) is 0 Å². The molecule has 0 spiro atoms. The highest BCUT2D eigenvalue weighted by molar-refractivity contribution is 9.10. The average Bonchev–Trinajstić information content (AvgIpc) is 2.32. The number of allylic oxidation sites excluding steroid dienone is 1. The second-order valence-electron chi connectivity index (χ2n) is 3.69. The fourth-order valence-electron chi connectivity index (χ4n) is 1.23. The molecule has 0 saturated heterocycles. The van der Waals surface area contributed by atoms with Crippen LogP contribution in [0, 0.1) is 5.82 Å². The van der Waals surface area contributed by atoms with Crippen molar-refractivity contribution in [3.63, 3.8) is 0 Å². The molecule has 1 unspecified atom stereocenters. The van der Waals surface area contributed by atoms with Crippen LogP contribution in [0.5, 0.6) is 0 Å². The van der Waals surface area contributed by atoms with Crippen LogP contribution in [-0.2, 0) is 14.3 Å². The molecule has 1 aromatic carbocycles. The lowest BCUT2D eigenvalue weighted by molar-refractivity contribution is -0.148. The Kier molecular flexibility index (Phi) is 5.69. The summed E-state index contributed by atoms with van der Waals surface area (Å²) in [5, 5.41) is 2.35. The summed E-state index contributed by atoms with van der Waals surface area (Å²) in [6, 6.07) is 4.24. The molecule has 0 bridgehead atoms. The van der Waals surface area contributed by atoms with E-state index in [-0.39, 0.29) is 5.69 Å². The Morgan fingerprint density at radius 3 is 2.74 bits per heavy atom. The van der Waals surface area contributed by atoms with Gasteiger partial charge in [-0.05, 0) is 32.0 Å². The van der Waals surface area contributed by atoms with Gasteiger partial charge in [-0.2, -0.15) is 0 Å². The minimum absolute atomic E-state index is 0.0298. The SMILES string of the molecule is C/C=C/C(=O)OC(C)C(=O)Nc1ccc(Br)cc1F. The van der Waals surface area contributed by atoms with Gasteiger partial charge < -0.3 is 10.1 Å². The standard InChI is InChI=1S/C13H13BrFNO3/c1-3-4-12(17)19-8(2)13(18)16-11-6-5-9(14)7-10(11)15/h3-8H,1-2H3,(H,16,18)/b4-3+. The van der Waals surface area contributed by atoms with Crippen molar-refractivity contribution in [2.24, 2.45) is 0 Å². The minimum atomic E-state index is -1.01. The topological polar surface area (TPSA) is 55.4 Å². The molecule has 102 valence electrons. The highest BCUT2D eigenvalue weighted by atomic mass is 79.9. The van der Waals surface area contributed by atoms with Crippen LogP contribution in [0.25, 0.3) is 0 Å². The number of esters is 1. The van der Waals surface area contributed by atoms with Crippen LogP contribution < -0.4 is 5.32 Å². The maximum atomic E-state index is 13.5. The first-order chi connectivity index (χ1) is 8.93. The van der Waals surface area contributed by atoms with Crippen molar-refractivity contribution in [3.05, 3.63) is 40.6 Å². The number of ether oxygens (including phenoxy) is 1. The lowest BCUT2D eigenvalue weighted by atomic mass is 10.3. The first-order valence-electron chi connectivity index (χ1n) is 5.53. The van der Waals surface area contributed by atoms with Gasteiger partial charge in [0.05, 0.1) is 5.69 Å². The highest BCUT2D eigenvalue weighted by Crippen LogP contribution is 2.19. The van der Waals surface area contributed by atoms with Crippen LogP contribution in [0.3, 0.4) is 0 Å². The molecule has 19 heavy (non-hydrogen) atoms. The largest absolute Gasteiger partial charge is 0.449 e. The van der Waals surface area contributed by atoms with E-state index in [0.717, 1.165) is 0 Å². The number of hydrogen-bond acceptors (Lipinski definition) is 3. The highest BCUT2D eigenvalue weighted by Gasteiger charge is 2.17. The molecule has 1 aromatic rings. The summed E-state index contributed by atoms with van der Waals surface area (Å²) in [6.07, 6.45) is 1.69. The number of carbonyl (C=O) groups is 2. The summed E-state index contributed by atoms with van der Waals surface area (Å²) < 4.78 is 18.9. The fourth-order valence-corrected chi connectivity index (χ4v) is 1.56. The molecule has 0 aliphatic carbocycles. The summed E-state index contributed by atoms with van der Waals surface area (Å²) in [4.78, 5) is 22.9. The molecular formula is C13H13BrFNO3. The molecule has 0 radical (unpaired) electrons. The van der Waals surface area contributed by atoms with Crippen molar-refractivity contribution < 1.29 is 18.7 Å². The van der Waals surface area contributed by atoms with E-state index in [9.17, 15) is 14.0 Å². The molecule has 0 saturated carbocycles. The smallest absolute Gasteiger partial charge is 0.331 e. The molecule has 1 rings (SSSR count). The van der Waals surface area contributed by atoms with Gasteiger partial charge in [-0.3, -0.25) is 4.79 Å². The number of amides is 1. The minimum Gasteiger partial charge on any atom is -0.449 e. The van der Waals surface area contributed by atoms with E-state index >= 15 is 0 Å². The van der Waals surface area contributed by atoms with Crippen molar-refractivity contribution >= 4 is 33.5 Å². The van der Waals surface area contributed by atoms with Gasteiger partial charge in [-0.25, -0.2) is 9.18 Å². The summed E-state index contributed by atoms with van der Waals surface area (Å²) in [5.41, 5.74) is 0.0298. The zero-order chi connectivity index (χ0) is 14.4. The van der Waals surface area contributed by atoms with Crippen LogP contribution in [-0.4, -0.2) is 18.0 Å².